The number of methoxy groups -OCH3 is 1. The third-order valence-corrected chi connectivity index (χ3v) is 2.71. The second kappa shape index (κ2) is 5.90. The van der Waals surface area contributed by atoms with Gasteiger partial charge in [0.1, 0.15) is 11.6 Å². The minimum atomic E-state index is -0.202. The Morgan fingerprint density at radius 3 is 3.00 bits per heavy atom. The number of benzene rings is 1. The van der Waals surface area contributed by atoms with E-state index in [1.54, 1.807) is 37.7 Å². The SMILES string of the molecule is COc1ccc(C(=O)NCCc2ncc[nH]2)c(N)c1. The highest BCUT2D eigenvalue weighted by Crippen LogP contribution is 2.19. The molecule has 0 bridgehead atoms. The van der Waals surface area contributed by atoms with Gasteiger partial charge in [-0.3, -0.25) is 4.79 Å². The lowest BCUT2D eigenvalue weighted by molar-refractivity contribution is 0.0955. The number of rotatable bonds is 5. The van der Waals surface area contributed by atoms with Gasteiger partial charge in [0.25, 0.3) is 5.91 Å². The van der Waals surface area contributed by atoms with Gasteiger partial charge in [-0.25, -0.2) is 4.98 Å². The zero-order chi connectivity index (χ0) is 13.7. The molecule has 1 aromatic heterocycles. The number of H-pyrrole nitrogens is 1. The summed E-state index contributed by atoms with van der Waals surface area (Å²) >= 11 is 0. The molecule has 2 aromatic rings. The summed E-state index contributed by atoms with van der Waals surface area (Å²) in [6.45, 7) is 0.498. The van der Waals surface area contributed by atoms with Gasteiger partial charge in [0.2, 0.25) is 0 Å². The number of anilines is 1. The van der Waals surface area contributed by atoms with Crippen molar-refractivity contribution in [2.75, 3.05) is 19.4 Å². The van der Waals surface area contributed by atoms with E-state index in [1.807, 2.05) is 0 Å². The Bertz CT molecular complexity index is 552. The Labute approximate surface area is 111 Å². The maximum absolute atomic E-state index is 11.9. The van der Waals surface area contributed by atoms with Crippen molar-refractivity contribution in [1.29, 1.82) is 0 Å². The van der Waals surface area contributed by atoms with Gasteiger partial charge < -0.3 is 20.8 Å². The number of ether oxygens (including phenoxy) is 1. The van der Waals surface area contributed by atoms with Crippen molar-refractivity contribution in [2.45, 2.75) is 6.42 Å². The van der Waals surface area contributed by atoms with Crippen LogP contribution in [0.5, 0.6) is 5.75 Å². The number of nitrogens with one attached hydrogen (secondary N) is 2. The summed E-state index contributed by atoms with van der Waals surface area (Å²) < 4.78 is 5.04. The lowest BCUT2D eigenvalue weighted by Gasteiger charge is -2.08. The van der Waals surface area contributed by atoms with Crippen molar-refractivity contribution in [3.63, 3.8) is 0 Å². The largest absolute Gasteiger partial charge is 0.497 e. The molecule has 0 fully saturated rings. The maximum atomic E-state index is 11.9. The van der Waals surface area contributed by atoms with Crippen LogP contribution in [0.1, 0.15) is 16.2 Å². The van der Waals surface area contributed by atoms with E-state index in [0.29, 0.717) is 30.0 Å². The summed E-state index contributed by atoms with van der Waals surface area (Å²) in [4.78, 5) is 19.0. The zero-order valence-corrected chi connectivity index (χ0v) is 10.6. The van der Waals surface area contributed by atoms with E-state index in [9.17, 15) is 4.79 Å². The number of nitrogens with two attached hydrogens (primary N) is 1. The summed E-state index contributed by atoms with van der Waals surface area (Å²) in [5, 5.41) is 2.80. The van der Waals surface area contributed by atoms with Crippen LogP contribution in [-0.2, 0) is 6.42 Å². The average Bonchev–Trinajstić information content (AvgIpc) is 2.91. The first-order valence-corrected chi connectivity index (χ1v) is 5.90. The van der Waals surface area contributed by atoms with E-state index in [-0.39, 0.29) is 5.91 Å². The molecule has 0 unspecified atom stereocenters. The Kier molecular flexibility index (Phi) is 4.02. The molecule has 0 radical (unpaired) electrons. The number of hydrogen-bond acceptors (Lipinski definition) is 4. The molecular weight excluding hydrogens is 244 g/mol. The molecule has 6 heteroatoms. The van der Waals surface area contributed by atoms with Crippen LogP contribution in [0.4, 0.5) is 5.69 Å². The highest BCUT2D eigenvalue weighted by atomic mass is 16.5. The molecule has 0 aliphatic rings. The monoisotopic (exact) mass is 260 g/mol. The van der Waals surface area contributed by atoms with Crippen molar-refractivity contribution < 1.29 is 9.53 Å². The number of carbonyl (C=O) groups excluding carboxylic acids is 1. The van der Waals surface area contributed by atoms with Gasteiger partial charge in [0.05, 0.1) is 12.7 Å². The van der Waals surface area contributed by atoms with Crippen molar-refractivity contribution >= 4 is 11.6 Å². The van der Waals surface area contributed by atoms with Crippen molar-refractivity contribution in [2.24, 2.45) is 0 Å². The van der Waals surface area contributed by atoms with E-state index in [4.69, 9.17) is 10.5 Å². The summed E-state index contributed by atoms with van der Waals surface area (Å²) in [7, 11) is 1.55. The first-order valence-electron chi connectivity index (χ1n) is 5.90. The number of carbonyl (C=O) groups is 1. The molecule has 0 spiro atoms. The van der Waals surface area contributed by atoms with Gasteiger partial charge in [0.15, 0.2) is 0 Å². The summed E-state index contributed by atoms with van der Waals surface area (Å²) in [5.41, 5.74) is 6.65. The van der Waals surface area contributed by atoms with Crippen LogP contribution in [0.25, 0.3) is 0 Å². The molecule has 0 aliphatic carbocycles. The molecule has 1 heterocycles. The Hall–Kier alpha value is -2.50. The molecule has 0 atom stereocenters. The minimum Gasteiger partial charge on any atom is -0.497 e. The van der Waals surface area contributed by atoms with Crippen LogP contribution in [0.2, 0.25) is 0 Å². The van der Waals surface area contributed by atoms with E-state index in [1.165, 1.54) is 0 Å². The zero-order valence-electron chi connectivity index (χ0n) is 10.6. The number of imidazole rings is 1. The Morgan fingerprint density at radius 2 is 2.37 bits per heavy atom. The maximum Gasteiger partial charge on any atom is 0.253 e. The summed E-state index contributed by atoms with van der Waals surface area (Å²) in [6.07, 6.45) is 4.08. The number of aromatic nitrogens is 2. The van der Waals surface area contributed by atoms with Crippen LogP contribution >= 0.6 is 0 Å². The lowest BCUT2D eigenvalue weighted by Crippen LogP contribution is -2.26. The summed E-state index contributed by atoms with van der Waals surface area (Å²) in [5.74, 6) is 1.26. The van der Waals surface area contributed by atoms with E-state index >= 15 is 0 Å². The minimum absolute atomic E-state index is 0.202. The molecule has 1 aromatic carbocycles. The van der Waals surface area contributed by atoms with Gasteiger partial charge in [-0.05, 0) is 12.1 Å². The van der Waals surface area contributed by atoms with Crippen LogP contribution in [0.3, 0.4) is 0 Å². The number of aromatic amines is 1. The van der Waals surface area contributed by atoms with Crippen LogP contribution in [0, 0.1) is 0 Å². The van der Waals surface area contributed by atoms with Gasteiger partial charge in [-0.15, -0.1) is 0 Å². The number of amides is 1. The highest BCUT2D eigenvalue weighted by molar-refractivity contribution is 5.99. The molecule has 19 heavy (non-hydrogen) atoms. The Balaban J connectivity index is 1.92. The highest BCUT2D eigenvalue weighted by Gasteiger charge is 2.10. The standard InChI is InChI=1S/C13H16N4O2/c1-19-9-2-3-10(11(14)8-9)13(18)17-5-4-12-15-6-7-16-12/h2-3,6-8H,4-5,14H2,1H3,(H,15,16)(H,17,18). The number of hydrogen-bond donors (Lipinski definition) is 3. The topological polar surface area (TPSA) is 93.0 Å². The van der Waals surface area contributed by atoms with Gasteiger partial charge in [-0.2, -0.15) is 0 Å². The summed E-state index contributed by atoms with van der Waals surface area (Å²) in [6, 6.07) is 4.98. The van der Waals surface area contributed by atoms with Gasteiger partial charge >= 0.3 is 0 Å². The second-order valence-corrected chi connectivity index (χ2v) is 3.99. The number of nitrogen functional groups attached to an aromatic ring is 1. The van der Waals surface area contributed by atoms with E-state index in [2.05, 4.69) is 15.3 Å². The predicted octanol–water partition coefficient (Wildman–Crippen LogP) is 0.973. The van der Waals surface area contributed by atoms with Crippen LogP contribution in [-0.4, -0.2) is 29.5 Å². The third-order valence-electron chi connectivity index (χ3n) is 2.71. The molecule has 4 N–H and O–H groups in total. The first-order chi connectivity index (χ1) is 9.20. The lowest BCUT2D eigenvalue weighted by atomic mass is 10.1. The fourth-order valence-electron chi connectivity index (χ4n) is 1.70. The fourth-order valence-corrected chi connectivity index (χ4v) is 1.70. The normalized spacial score (nSPS) is 10.2. The molecule has 100 valence electrons. The fraction of sp³-hybridized carbons (Fsp3) is 0.231. The molecule has 0 saturated carbocycles. The van der Waals surface area contributed by atoms with E-state index < -0.39 is 0 Å². The second-order valence-electron chi connectivity index (χ2n) is 3.99. The first kappa shape index (κ1) is 12.9. The van der Waals surface area contributed by atoms with Gasteiger partial charge in [0, 0.05) is 37.1 Å². The van der Waals surface area contributed by atoms with Crippen molar-refractivity contribution in [1.82, 2.24) is 15.3 Å². The van der Waals surface area contributed by atoms with Gasteiger partial charge in [-0.1, -0.05) is 0 Å². The molecule has 6 nitrogen and oxygen atoms in total. The van der Waals surface area contributed by atoms with E-state index in [0.717, 1.165) is 5.82 Å². The van der Waals surface area contributed by atoms with Crippen molar-refractivity contribution in [3.05, 3.63) is 42.0 Å². The third kappa shape index (κ3) is 3.25. The molecular formula is C13H16N4O2. The molecule has 0 saturated heterocycles. The molecule has 0 aliphatic heterocycles. The van der Waals surface area contributed by atoms with Crippen molar-refractivity contribution in [3.8, 4) is 5.75 Å². The van der Waals surface area contributed by atoms with Crippen LogP contribution in [0.15, 0.2) is 30.6 Å². The Morgan fingerprint density at radius 1 is 1.53 bits per heavy atom. The van der Waals surface area contributed by atoms with Crippen LogP contribution < -0.4 is 15.8 Å². The molecule has 2 rings (SSSR count). The quantitative estimate of drug-likeness (QED) is 0.698. The number of nitrogens with zero attached hydrogens (tertiary/aromatic N) is 1. The predicted molar refractivity (Wildman–Crippen MR) is 72.0 cm³/mol. The molecule has 1 amide bonds. The smallest absolute Gasteiger partial charge is 0.253 e. The average molecular weight is 260 g/mol.